The Kier molecular flexibility index (Phi) is 4.69. The lowest BCUT2D eigenvalue weighted by Crippen LogP contribution is -2.67. The Morgan fingerprint density at radius 1 is 1.19 bits per heavy atom. The molecule has 4 heteroatoms. The van der Waals surface area contributed by atoms with Crippen LogP contribution in [0.4, 0.5) is 8.78 Å². The van der Waals surface area contributed by atoms with Gasteiger partial charge in [0.2, 0.25) is 0 Å². The van der Waals surface area contributed by atoms with Crippen LogP contribution in [0.15, 0.2) is 18.2 Å². The molecule has 0 aromatic heterocycles. The molecule has 1 aliphatic heterocycles. The van der Waals surface area contributed by atoms with Crippen molar-refractivity contribution in [2.45, 2.75) is 58.2 Å². The first-order chi connectivity index (χ1) is 9.82. The SMILES string of the molecule is CCC1(CC)CNC(C)(C)CN1Cc1cc(F)ccc1F. The molecule has 118 valence electrons. The van der Waals surface area contributed by atoms with Crippen LogP contribution in [0.1, 0.15) is 46.1 Å². The van der Waals surface area contributed by atoms with Crippen LogP contribution in [0.2, 0.25) is 0 Å². The summed E-state index contributed by atoms with van der Waals surface area (Å²) in [5.74, 6) is -0.701. The van der Waals surface area contributed by atoms with E-state index in [4.69, 9.17) is 0 Å². The third kappa shape index (κ3) is 3.43. The molecule has 0 unspecified atom stereocenters. The van der Waals surface area contributed by atoms with Gasteiger partial charge in [0.05, 0.1) is 0 Å². The number of hydrogen-bond donors (Lipinski definition) is 1. The highest BCUT2D eigenvalue weighted by atomic mass is 19.1. The quantitative estimate of drug-likeness (QED) is 0.911. The lowest BCUT2D eigenvalue weighted by Gasteiger charge is -2.52. The lowest BCUT2D eigenvalue weighted by atomic mass is 9.84. The van der Waals surface area contributed by atoms with Crippen LogP contribution in [0, 0.1) is 11.6 Å². The fourth-order valence-electron chi connectivity index (χ4n) is 3.26. The van der Waals surface area contributed by atoms with E-state index in [2.05, 4.69) is 37.9 Å². The molecule has 0 bridgehead atoms. The predicted molar refractivity (Wildman–Crippen MR) is 82.2 cm³/mol. The average Bonchev–Trinajstić information content (AvgIpc) is 2.43. The van der Waals surface area contributed by atoms with Crippen molar-refractivity contribution >= 4 is 0 Å². The molecule has 1 saturated heterocycles. The third-order valence-corrected chi connectivity index (χ3v) is 4.84. The number of benzene rings is 1. The first-order valence-corrected chi connectivity index (χ1v) is 7.76. The van der Waals surface area contributed by atoms with Gasteiger partial charge in [-0.3, -0.25) is 4.90 Å². The maximum absolute atomic E-state index is 14.0. The fraction of sp³-hybridized carbons (Fsp3) is 0.647. The summed E-state index contributed by atoms with van der Waals surface area (Å²) >= 11 is 0. The molecule has 2 rings (SSSR count). The molecule has 0 amide bonds. The summed E-state index contributed by atoms with van der Waals surface area (Å²) in [7, 11) is 0. The first kappa shape index (κ1) is 16.4. The smallest absolute Gasteiger partial charge is 0.127 e. The van der Waals surface area contributed by atoms with E-state index >= 15 is 0 Å². The van der Waals surface area contributed by atoms with Crippen molar-refractivity contribution in [3.05, 3.63) is 35.4 Å². The van der Waals surface area contributed by atoms with Gasteiger partial charge >= 0.3 is 0 Å². The molecule has 1 aromatic rings. The molecule has 1 fully saturated rings. The number of rotatable bonds is 4. The molecular formula is C17H26F2N2. The molecule has 21 heavy (non-hydrogen) atoms. The summed E-state index contributed by atoms with van der Waals surface area (Å²) in [6.07, 6.45) is 1.98. The van der Waals surface area contributed by atoms with Crippen molar-refractivity contribution in [3.8, 4) is 0 Å². The van der Waals surface area contributed by atoms with Crippen LogP contribution < -0.4 is 5.32 Å². The van der Waals surface area contributed by atoms with Crippen LogP contribution in [0.25, 0.3) is 0 Å². The molecule has 0 spiro atoms. The monoisotopic (exact) mass is 296 g/mol. The molecule has 0 aliphatic carbocycles. The summed E-state index contributed by atoms with van der Waals surface area (Å²) < 4.78 is 27.4. The van der Waals surface area contributed by atoms with Gasteiger partial charge in [-0.1, -0.05) is 13.8 Å². The number of hydrogen-bond acceptors (Lipinski definition) is 2. The normalized spacial score (nSPS) is 21.4. The minimum absolute atomic E-state index is 0.00821. The van der Waals surface area contributed by atoms with Gasteiger partial charge in [0.15, 0.2) is 0 Å². The van der Waals surface area contributed by atoms with E-state index in [1.54, 1.807) is 0 Å². The van der Waals surface area contributed by atoms with Gasteiger partial charge < -0.3 is 5.32 Å². The Morgan fingerprint density at radius 3 is 2.48 bits per heavy atom. The molecule has 0 saturated carbocycles. The summed E-state index contributed by atoms with van der Waals surface area (Å²) in [4.78, 5) is 2.32. The fourth-order valence-corrected chi connectivity index (χ4v) is 3.26. The van der Waals surface area contributed by atoms with Gasteiger partial charge in [-0.2, -0.15) is 0 Å². The van der Waals surface area contributed by atoms with Gasteiger partial charge in [-0.05, 0) is 44.9 Å². The molecule has 1 N–H and O–H groups in total. The summed E-state index contributed by atoms with van der Waals surface area (Å²) in [5, 5.41) is 3.58. The van der Waals surface area contributed by atoms with E-state index < -0.39 is 0 Å². The number of piperazine rings is 1. The molecular weight excluding hydrogens is 270 g/mol. The van der Waals surface area contributed by atoms with Gasteiger partial charge in [0, 0.05) is 36.3 Å². The topological polar surface area (TPSA) is 15.3 Å². The predicted octanol–water partition coefficient (Wildman–Crippen LogP) is 3.71. The first-order valence-electron chi connectivity index (χ1n) is 7.76. The third-order valence-electron chi connectivity index (χ3n) is 4.84. The summed E-state index contributed by atoms with van der Waals surface area (Å²) in [6.45, 7) is 10.8. The van der Waals surface area contributed by atoms with Crippen LogP contribution in [-0.4, -0.2) is 29.1 Å². The Balaban J connectivity index is 2.30. The van der Waals surface area contributed by atoms with Crippen LogP contribution in [0.3, 0.4) is 0 Å². The van der Waals surface area contributed by atoms with Crippen LogP contribution in [0.5, 0.6) is 0 Å². The van der Waals surface area contributed by atoms with E-state index in [1.807, 2.05) is 0 Å². The lowest BCUT2D eigenvalue weighted by molar-refractivity contribution is 0.00158. The van der Waals surface area contributed by atoms with Gasteiger partial charge in [-0.15, -0.1) is 0 Å². The highest BCUT2D eigenvalue weighted by Gasteiger charge is 2.41. The van der Waals surface area contributed by atoms with Crippen molar-refractivity contribution in [2.24, 2.45) is 0 Å². The van der Waals surface area contributed by atoms with E-state index in [-0.39, 0.29) is 22.7 Å². The number of nitrogens with zero attached hydrogens (tertiary/aromatic N) is 1. The molecule has 1 aromatic carbocycles. The Morgan fingerprint density at radius 2 is 1.86 bits per heavy atom. The largest absolute Gasteiger partial charge is 0.309 e. The minimum Gasteiger partial charge on any atom is -0.309 e. The zero-order chi connectivity index (χ0) is 15.7. The Bertz CT molecular complexity index is 496. The van der Waals surface area contributed by atoms with Crippen molar-refractivity contribution in [2.75, 3.05) is 13.1 Å². The van der Waals surface area contributed by atoms with Gasteiger partial charge in [0.25, 0.3) is 0 Å². The minimum atomic E-state index is -0.376. The molecule has 1 heterocycles. The van der Waals surface area contributed by atoms with E-state index in [9.17, 15) is 8.78 Å². The highest BCUT2D eigenvalue weighted by molar-refractivity contribution is 5.19. The summed E-state index contributed by atoms with van der Waals surface area (Å²) in [5.41, 5.74) is 0.435. The van der Waals surface area contributed by atoms with Crippen LogP contribution in [-0.2, 0) is 6.54 Å². The second kappa shape index (κ2) is 6.01. The van der Waals surface area contributed by atoms with E-state index in [1.165, 1.54) is 18.2 Å². The van der Waals surface area contributed by atoms with Crippen molar-refractivity contribution in [3.63, 3.8) is 0 Å². The second-order valence-corrected chi connectivity index (χ2v) is 6.76. The zero-order valence-corrected chi connectivity index (χ0v) is 13.5. The average molecular weight is 296 g/mol. The Hall–Kier alpha value is -1.00. The summed E-state index contributed by atoms with van der Waals surface area (Å²) in [6, 6.07) is 3.71. The van der Waals surface area contributed by atoms with Crippen molar-refractivity contribution in [1.82, 2.24) is 10.2 Å². The number of halogens is 2. The van der Waals surface area contributed by atoms with Gasteiger partial charge in [-0.25, -0.2) is 8.78 Å². The zero-order valence-electron chi connectivity index (χ0n) is 13.5. The van der Waals surface area contributed by atoms with E-state index in [0.717, 1.165) is 25.9 Å². The number of nitrogens with one attached hydrogen (secondary N) is 1. The molecule has 0 atom stereocenters. The van der Waals surface area contributed by atoms with Crippen molar-refractivity contribution in [1.29, 1.82) is 0 Å². The maximum atomic E-state index is 14.0. The molecule has 1 aliphatic rings. The second-order valence-electron chi connectivity index (χ2n) is 6.76. The maximum Gasteiger partial charge on any atom is 0.127 e. The Labute approximate surface area is 126 Å². The van der Waals surface area contributed by atoms with Crippen molar-refractivity contribution < 1.29 is 8.78 Å². The highest BCUT2D eigenvalue weighted by Crippen LogP contribution is 2.32. The molecule has 0 radical (unpaired) electrons. The van der Waals surface area contributed by atoms with Gasteiger partial charge in [0.1, 0.15) is 11.6 Å². The standard InChI is InChI=1S/C17H26F2N2/c1-5-17(6-2)11-20-16(3,4)12-21(17)10-13-9-14(18)7-8-15(13)19/h7-9,20H,5-6,10-12H2,1-4H3. The van der Waals surface area contributed by atoms with Crippen LogP contribution >= 0.6 is 0 Å². The molecule has 2 nitrogen and oxygen atoms in total. The van der Waals surface area contributed by atoms with E-state index in [0.29, 0.717) is 12.1 Å².